The van der Waals surface area contributed by atoms with Gasteiger partial charge >= 0.3 is 99.8 Å². The number of furan rings is 1. The first-order valence-electron chi connectivity index (χ1n) is 17.2. The van der Waals surface area contributed by atoms with Crippen LogP contribution in [-0.4, -0.2) is 23.2 Å². The van der Waals surface area contributed by atoms with E-state index in [1.54, 1.807) is 0 Å². The molecule has 3 heterocycles. The van der Waals surface area contributed by atoms with Gasteiger partial charge in [0, 0.05) is 26.3 Å². The number of rotatable bonds is 6. The van der Waals surface area contributed by atoms with Crippen LogP contribution in [0.2, 0.25) is 17.3 Å². The predicted octanol–water partition coefficient (Wildman–Crippen LogP) is 12.0. The van der Waals surface area contributed by atoms with Crippen molar-refractivity contribution >= 4 is 39.6 Å². The fourth-order valence-electron chi connectivity index (χ4n) is 6.15. The summed E-state index contributed by atoms with van der Waals surface area (Å²) < 4.78 is 7.91. The summed E-state index contributed by atoms with van der Waals surface area (Å²) in [5, 5.41) is 2.21. The van der Waals surface area contributed by atoms with Crippen LogP contribution < -0.4 is 4.40 Å². The van der Waals surface area contributed by atoms with Gasteiger partial charge in [0.1, 0.15) is 5.58 Å². The number of hydrogen-bond donors (Lipinski definition) is 0. The van der Waals surface area contributed by atoms with Gasteiger partial charge in [-0.1, -0.05) is 98.1 Å². The molecule has 0 fully saturated rings. The van der Waals surface area contributed by atoms with Gasteiger partial charge in [0.15, 0.2) is 0 Å². The average Bonchev–Trinajstić information content (AvgIpc) is 3.53. The van der Waals surface area contributed by atoms with Crippen LogP contribution in [-0.2, 0) is 20.1 Å². The summed E-state index contributed by atoms with van der Waals surface area (Å²) in [6.07, 6.45) is 3.90. The van der Waals surface area contributed by atoms with E-state index in [2.05, 4.69) is 144 Å². The normalized spacial score (nSPS) is 11.3. The maximum atomic E-state index is 6.47. The Labute approximate surface area is 317 Å². The van der Waals surface area contributed by atoms with Gasteiger partial charge in [0.2, 0.25) is 0 Å². The Kier molecular flexibility index (Phi) is 11.2. The third-order valence-electron chi connectivity index (χ3n) is 9.02. The van der Waals surface area contributed by atoms with E-state index in [0.29, 0.717) is 5.92 Å². The van der Waals surface area contributed by atoms with Gasteiger partial charge in [-0.05, 0) is 56.9 Å². The van der Waals surface area contributed by atoms with Gasteiger partial charge in [-0.3, -0.25) is 0 Å². The first-order valence-corrected chi connectivity index (χ1v) is 24.5. The summed E-state index contributed by atoms with van der Waals surface area (Å²) in [7, 11) is 0. The molecule has 8 aromatic rings. The van der Waals surface area contributed by atoms with E-state index in [1.165, 1.54) is 26.6 Å². The van der Waals surface area contributed by atoms with Crippen LogP contribution in [0.3, 0.4) is 0 Å². The molecule has 255 valence electrons. The van der Waals surface area contributed by atoms with Gasteiger partial charge < -0.3 is 9.40 Å². The van der Waals surface area contributed by atoms with Crippen molar-refractivity contribution in [2.75, 3.05) is 0 Å². The third-order valence-corrected chi connectivity index (χ3v) is 13.3. The minimum Gasteiger partial charge on any atom is 0 e. The van der Waals surface area contributed by atoms with Crippen LogP contribution in [0.1, 0.15) is 25.3 Å². The van der Waals surface area contributed by atoms with Crippen molar-refractivity contribution in [1.82, 2.24) is 9.97 Å². The summed E-state index contributed by atoms with van der Waals surface area (Å²) >= 11 is -1.72. The Balaban J connectivity index is 0.000000222. The Morgan fingerprint density at radius 3 is 1.94 bits per heavy atom. The third kappa shape index (κ3) is 8.15. The molecule has 0 aliphatic rings. The molecule has 0 N–H and O–H groups in total. The Bertz CT molecular complexity index is 2360. The quantitative estimate of drug-likeness (QED) is 0.123. The molecule has 51 heavy (non-hydrogen) atoms. The number of aromatic nitrogens is 2. The standard InChI is InChI=1S/C32H24NO.C14H16GeN.Ir/c1-21(2)28-17-26(23-11-7-4-8-12-23)18-29-27-14-13-25(20-31(27)34-32(28)29)30-19-24(15-16-33-30)22-9-5-3-6-10-22;1-15(2,3)13-9-10-14(16-11-13)12-7-5-4-6-8-12;/h3-12,14-21H,1-2H3;4-7,9-11H,1-3H3;/q2*-1;. The molecule has 0 atom stereocenters. The van der Waals surface area contributed by atoms with E-state index in [4.69, 9.17) is 4.42 Å². The van der Waals surface area contributed by atoms with Crippen molar-refractivity contribution in [3.8, 4) is 44.8 Å². The number of hydrogen-bond acceptors (Lipinski definition) is 3. The van der Waals surface area contributed by atoms with E-state index in [9.17, 15) is 0 Å². The van der Waals surface area contributed by atoms with Gasteiger partial charge in [-0.15, -0.1) is 17.7 Å². The number of fused-ring (bicyclic) bond motifs is 3. The van der Waals surface area contributed by atoms with Crippen molar-refractivity contribution in [3.63, 3.8) is 0 Å². The first kappa shape index (κ1) is 36.2. The molecule has 0 saturated carbocycles. The van der Waals surface area contributed by atoms with Crippen LogP contribution in [0.5, 0.6) is 0 Å². The molecule has 0 unspecified atom stereocenters. The molecular weight excluding hydrogens is 861 g/mol. The van der Waals surface area contributed by atoms with Gasteiger partial charge in [0.25, 0.3) is 0 Å². The fraction of sp³-hybridized carbons (Fsp3) is 0.130. The van der Waals surface area contributed by atoms with Crippen LogP contribution in [0.15, 0.2) is 150 Å². The SMILES string of the molecule is CC(C)c1cc(-c2ccccc2)cc2c1oc1cc(-c3cc(-c4ccccc4)ccn3)[c-]cc12.[CH3][Ge]([CH3])([CH3])[c]1ccc(-c2[c-]cccc2)nc1.[Ir]. The van der Waals surface area contributed by atoms with Gasteiger partial charge in [0.05, 0.1) is 5.58 Å². The monoisotopic (exact) mass is 903 g/mol. The van der Waals surface area contributed by atoms with Crippen molar-refractivity contribution in [2.45, 2.75) is 37.0 Å². The van der Waals surface area contributed by atoms with E-state index < -0.39 is 13.3 Å². The molecular formula is C46H40GeIrN2O-2. The Hall–Kier alpha value is -4.61. The van der Waals surface area contributed by atoms with Gasteiger partial charge in [-0.2, -0.15) is 0 Å². The minimum absolute atomic E-state index is 0. The smallest absolute Gasteiger partial charge is 0 e. The predicted molar refractivity (Wildman–Crippen MR) is 212 cm³/mol. The second kappa shape index (κ2) is 15.7. The second-order valence-electron chi connectivity index (χ2n) is 13.9. The van der Waals surface area contributed by atoms with E-state index in [1.807, 2.05) is 54.9 Å². The van der Waals surface area contributed by atoms with Crippen LogP contribution in [0.25, 0.3) is 66.7 Å². The zero-order chi connectivity index (χ0) is 34.7. The number of benzene rings is 5. The molecule has 0 aliphatic carbocycles. The average molecular weight is 902 g/mol. The molecule has 0 saturated heterocycles. The van der Waals surface area contributed by atoms with E-state index in [0.717, 1.165) is 50.0 Å². The largest absolute Gasteiger partial charge is 0 e. The number of pyridine rings is 2. The molecule has 5 aromatic carbocycles. The molecule has 0 spiro atoms. The summed E-state index contributed by atoms with van der Waals surface area (Å²) in [4.78, 5) is 9.15. The summed E-state index contributed by atoms with van der Waals surface area (Å²) in [6, 6.07) is 52.6. The summed E-state index contributed by atoms with van der Waals surface area (Å²) in [5.41, 5.74) is 11.7. The van der Waals surface area contributed by atoms with Crippen molar-refractivity contribution in [2.24, 2.45) is 0 Å². The van der Waals surface area contributed by atoms with Crippen molar-refractivity contribution < 1.29 is 24.5 Å². The molecule has 0 bridgehead atoms. The van der Waals surface area contributed by atoms with Crippen molar-refractivity contribution in [1.29, 1.82) is 0 Å². The molecule has 0 aliphatic heterocycles. The summed E-state index contributed by atoms with van der Waals surface area (Å²) in [6.45, 7) is 4.43. The van der Waals surface area contributed by atoms with Crippen LogP contribution in [0.4, 0.5) is 0 Å². The second-order valence-corrected chi connectivity index (χ2v) is 24.6. The Morgan fingerprint density at radius 2 is 1.31 bits per heavy atom. The molecule has 3 aromatic heterocycles. The first-order chi connectivity index (χ1) is 24.2. The molecule has 1 radical (unpaired) electrons. The minimum atomic E-state index is -1.72. The van der Waals surface area contributed by atoms with Gasteiger partial charge in [-0.25, -0.2) is 0 Å². The fourth-order valence-corrected chi connectivity index (χ4v) is 8.33. The van der Waals surface area contributed by atoms with E-state index >= 15 is 0 Å². The Morgan fingerprint density at radius 1 is 0.608 bits per heavy atom. The zero-order valence-electron chi connectivity index (χ0n) is 29.6. The van der Waals surface area contributed by atoms with Crippen LogP contribution in [0, 0.1) is 12.1 Å². The van der Waals surface area contributed by atoms with Crippen molar-refractivity contribution in [3.05, 3.63) is 164 Å². The zero-order valence-corrected chi connectivity index (χ0v) is 34.1. The maximum Gasteiger partial charge on any atom is 0 e. The molecule has 3 nitrogen and oxygen atoms in total. The molecule has 8 rings (SSSR count). The maximum absolute atomic E-state index is 6.47. The number of nitrogens with zero attached hydrogens (tertiary/aromatic N) is 2. The topological polar surface area (TPSA) is 38.9 Å². The van der Waals surface area contributed by atoms with Crippen LogP contribution >= 0.6 is 0 Å². The summed E-state index contributed by atoms with van der Waals surface area (Å²) in [5.74, 6) is 7.49. The molecule has 5 heteroatoms. The van der Waals surface area contributed by atoms with E-state index in [-0.39, 0.29) is 20.1 Å². The molecule has 0 amide bonds.